The van der Waals surface area contributed by atoms with Crippen molar-refractivity contribution < 1.29 is 28.8 Å². The predicted octanol–water partition coefficient (Wildman–Crippen LogP) is 9.53. The molecule has 1 heterocycles. The Morgan fingerprint density at radius 1 is 0.681 bits per heavy atom. The van der Waals surface area contributed by atoms with Gasteiger partial charge in [0.1, 0.15) is 5.75 Å². The average Bonchev–Trinajstić information content (AvgIpc) is 3.04. The van der Waals surface area contributed by atoms with Gasteiger partial charge in [-0.15, -0.1) is 0 Å². The summed E-state index contributed by atoms with van der Waals surface area (Å²) in [6, 6.07) is 28.2. The van der Waals surface area contributed by atoms with Gasteiger partial charge in [0.25, 0.3) is 0 Å². The molecule has 0 saturated carbocycles. The lowest BCUT2D eigenvalue weighted by atomic mass is 9.84. The number of rotatable bonds is 14. The third-order valence-electron chi connectivity index (χ3n) is 7.72. The second kappa shape index (κ2) is 17.4. The predicted molar refractivity (Wildman–Crippen MR) is 185 cm³/mol. The number of carboxylic acid groups (broad SMARTS) is 1. The van der Waals surface area contributed by atoms with Crippen LogP contribution in [0.15, 0.2) is 91.0 Å². The van der Waals surface area contributed by atoms with Gasteiger partial charge in [0.05, 0.1) is 58.3 Å². The Balaban J connectivity index is 1.29. The first-order chi connectivity index (χ1) is 22.7. The summed E-state index contributed by atoms with van der Waals surface area (Å²) in [6.45, 7) is 2.32. The zero-order valence-corrected chi connectivity index (χ0v) is 28.5. The molecule has 5 rings (SSSR count). The molecule has 1 saturated heterocycles. The highest BCUT2D eigenvalue weighted by molar-refractivity contribution is 6.35. The fraction of sp³-hybridized carbons (Fsp3) is 0.306. The lowest BCUT2D eigenvalue weighted by molar-refractivity contribution is -0.0937. The van der Waals surface area contributed by atoms with E-state index in [2.05, 4.69) is 0 Å². The van der Waals surface area contributed by atoms with Crippen molar-refractivity contribution in [3.8, 4) is 5.75 Å². The molecule has 0 bridgehead atoms. The molecule has 1 fully saturated rings. The van der Waals surface area contributed by atoms with E-state index in [0.717, 1.165) is 34.4 Å². The molecule has 0 spiro atoms. The quantitative estimate of drug-likeness (QED) is 0.131. The van der Waals surface area contributed by atoms with Crippen molar-refractivity contribution >= 4 is 52.5 Å². The minimum atomic E-state index is -1.06. The number of hydrogen-bond acceptors (Lipinski definition) is 5. The van der Waals surface area contributed by atoms with E-state index >= 15 is 0 Å². The second-order valence-corrected chi connectivity index (χ2v) is 13.0. The van der Waals surface area contributed by atoms with Crippen LogP contribution in [-0.2, 0) is 34.0 Å². The largest absolute Gasteiger partial charge is 0.494 e. The van der Waals surface area contributed by atoms with Crippen molar-refractivity contribution in [3.63, 3.8) is 0 Å². The van der Waals surface area contributed by atoms with E-state index < -0.39 is 18.3 Å². The Morgan fingerprint density at radius 3 is 1.72 bits per heavy atom. The van der Waals surface area contributed by atoms with Gasteiger partial charge in [-0.05, 0) is 70.8 Å². The van der Waals surface area contributed by atoms with E-state index in [0.29, 0.717) is 39.9 Å². The molecule has 0 aliphatic carbocycles. The number of carbonyl (C=O) groups is 1. The van der Waals surface area contributed by atoms with Gasteiger partial charge in [-0.1, -0.05) is 88.9 Å². The van der Waals surface area contributed by atoms with Crippen LogP contribution in [0.1, 0.15) is 34.6 Å². The highest BCUT2D eigenvalue weighted by Crippen LogP contribution is 2.35. The zero-order valence-electron chi connectivity index (χ0n) is 25.5. The summed E-state index contributed by atoms with van der Waals surface area (Å²) < 4.78 is 24.6. The number of piperidine rings is 1. The van der Waals surface area contributed by atoms with Crippen molar-refractivity contribution in [1.29, 1.82) is 0 Å². The Kier molecular flexibility index (Phi) is 13.1. The van der Waals surface area contributed by atoms with E-state index in [1.165, 1.54) is 4.90 Å². The molecule has 0 aromatic heterocycles. The van der Waals surface area contributed by atoms with Gasteiger partial charge in [-0.3, -0.25) is 0 Å². The highest BCUT2D eigenvalue weighted by Gasteiger charge is 2.41. The standard InChI is InChI=1S/C36H35Cl4NO6/c37-28-13-25(14-29(38)17-28)22-46-33-19-41(36(42)43)20-34(47-23-26-15-30(39)18-31(40)16-26)35(33)27-7-9-32(10-8-27)45-12-4-11-44-21-24-5-2-1-3-6-24/h1-3,5-10,13-18,33-35H,4,11-12,19-23H2,(H,42,43). The normalized spacial score (nSPS) is 17.9. The van der Waals surface area contributed by atoms with Gasteiger partial charge in [0.2, 0.25) is 0 Å². The van der Waals surface area contributed by atoms with E-state index in [-0.39, 0.29) is 32.2 Å². The average molecular weight is 719 g/mol. The van der Waals surface area contributed by atoms with E-state index in [1.807, 2.05) is 54.6 Å². The van der Waals surface area contributed by atoms with Crippen molar-refractivity contribution in [2.75, 3.05) is 26.3 Å². The van der Waals surface area contributed by atoms with Crippen LogP contribution in [0.3, 0.4) is 0 Å². The molecule has 248 valence electrons. The number of nitrogens with zero attached hydrogens (tertiary/aromatic N) is 1. The molecule has 11 heteroatoms. The van der Waals surface area contributed by atoms with E-state index in [1.54, 1.807) is 36.4 Å². The first-order valence-corrected chi connectivity index (χ1v) is 16.7. The molecular formula is C36H35Cl4NO6. The summed E-state index contributed by atoms with van der Waals surface area (Å²) in [5.41, 5.74) is 3.61. The van der Waals surface area contributed by atoms with Crippen molar-refractivity contribution in [3.05, 3.63) is 133 Å². The molecule has 1 N–H and O–H groups in total. The Bertz CT molecular complexity index is 1500. The molecule has 7 nitrogen and oxygen atoms in total. The first kappa shape index (κ1) is 35.3. The van der Waals surface area contributed by atoms with E-state index in [9.17, 15) is 9.90 Å². The minimum absolute atomic E-state index is 0.151. The number of halogens is 4. The first-order valence-electron chi connectivity index (χ1n) is 15.2. The maximum atomic E-state index is 12.2. The van der Waals surface area contributed by atoms with Gasteiger partial charge in [0.15, 0.2) is 0 Å². The molecular weight excluding hydrogens is 684 g/mol. The molecule has 1 amide bonds. The van der Waals surface area contributed by atoms with E-state index in [4.69, 9.17) is 65.4 Å². The number of benzene rings is 4. The summed E-state index contributed by atoms with van der Waals surface area (Å²) >= 11 is 24.9. The molecule has 2 unspecified atom stereocenters. The molecule has 1 aliphatic rings. The molecule has 4 aromatic carbocycles. The Labute approximate surface area is 294 Å². The SMILES string of the molecule is O=C(O)N1CC(OCc2cc(Cl)cc(Cl)c2)C(c2ccc(OCCCOCc3ccccc3)cc2)C(OCc2cc(Cl)cc(Cl)c2)C1. The summed E-state index contributed by atoms with van der Waals surface area (Å²) in [6.07, 6.45) is -1.40. The molecule has 1 aliphatic heterocycles. The van der Waals surface area contributed by atoms with Crippen LogP contribution in [0.2, 0.25) is 20.1 Å². The van der Waals surface area contributed by atoms with Crippen LogP contribution in [0.4, 0.5) is 4.79 Å². The zero-order chi connectivity index (χ0) is 33.2. The van der Waals surface area contributed by atoms with Crippen molar-refractivity contribution in [2.24, 2.45) is 0 Å². The third-order valence-corrected chi connectivity index (χ3v) is 8.60. The Morgan fingerprint density at radius 2 is 1.21 bits per heavy atom. The van der Waals surface area contributed by atoms with Gasteiger partial charge >= 0.3 is 6.09 Å². The van der Waals surface area contributed by atoms with Crippen LogP contribution >= 0.6 is 46.4 Å². The topological polar surface area (TPSA) is 77.5 Å². The van der Waals surface area contributed by atoms with Gasteiger partial charge in [0, 0.05) is 32.4 Å². The maximum absolute atomic E-state index is 12.2. The summed E-state index contributed by atoms with van der Waals surface area (Å²) in [7, 11) is 0. The highest BCUT2D eigenvalue weighted by atomic mass is 35.5. The number of hydrogen-bond donors (Lipinski definition) is 1. The monoisotopic (exact) mass is 717 g/mol. The van der Waals surface area contributed by atoms with Crippen LogP contribution in [0.5, 0.6) is 5.75 Å². The number of likely N-dealkylation sites (tertiary alicyclic amines) is 1. The Hall–Kier alpha value is -3.01. The molecule has 4 aromatic rings. The van der Waals surface area contributed by atoms with Crippen LogP contribution in [0.25, 0.3) is 0 Å². The van der Waals surface area contributed by atoms with Crippen LogP contribution in [-0.4, -0.2) is 54.6 Å². The summed E-state index contributed by atoms with van der Waals surface area (Å²) in [5, 5.41) is 12.0. The van der Waals surface area contributed by atoms with Gasteiger partial charge in [-0.2, -0.15) is 0 Å². The summed E-state index contributed by atoms with van der Waals surface area (Å²) in [4.78, 5) is 13.5. The number of amides is 1. The molecule has 47 heavy (non-hydrogen) atoms. The molecule has 2 atom stereocenters. The van der Waals surface area contributed by atoms with Gasteiger partial charge < -0.3 is 29.0 Å². The minimum Gasteiger partial charge on any atom is -0.494 e. The van der Waals surface area contributed by atoms with Crippen molar-refractivity contribution in [2.45, 2.75) is 44.4 Å². The van der Waals surface area contributed by atoms with Crippen molar-refractivity contribution in [1.82, 2.24) is 4.90 Å². The second-order valence-electron chi connectivity index (χ2n) is 11.3. The van der Waals surface area contributed by atoms with Crippen LogP contribution < -0.4 is 4.74 Å². The lowest BCUT2D eigenvalue weighted by Gasteiger charge is -2.42. The fourth-order valence-corrected chi connectivity index (χ4v) is 6.71. The third kappa shape index (κ3) is 10.7. The molecule has 0 radical (unpaired) electrons. The smallest absolute Gasteiger partial charge is 0.407 e. The number of ether oxygens (including phenoxy) is 4. The maximum Gasteiger partial charge on any atom is 0.407 e. The lowest BCUT2D eigenvalue weighted by Crippen LogP contribution is -2.54. The summed E-state index contributed by atoms with van der Waals surface area (Å²) in [5.74, 6) is 0.409. The van der Waals surface area contributed by atoms with Crippen LogP contribution in [0, 0.1) is 0 Å². The fourth-order valence-electron chi connectivity index (χ4n) is 5.57. The van der Waals surface area contributed by atoms with Gasteiger partial charge in [-0.25, -0.2) is 4.79 Å².